The number of aryl methyl sites for hydroxylation is 2. The molecule has 0 saturated carbocycles. The van der Waals surface area contributed by atoms with Gasteiger partial charge in [0.05, 0.1) is 5.57 Å². The van der Waals surface area contributed by atoms with E-state index in [-0.39, 0.29) is 0 Å². The normalized spacial score (nSPS) is 17.4. The van der Waals surface area contributed by atoms with E-state index in [1.807, 2.05) is 12.1 Å². The first-order valence-electron chi connectivity index (χ1n) is 8.19. The Hall–Kier alpha value is -1.84. The lowest BCUT2D eigenvalue weighted by atomic mass is 9.89. The van der Waals surface area contributed by atoms with E-state index < -0.39 is 0 Å². The van der Waals surface area contributed by atoms with E-state index >= 15 is 0 Å². The summed E-state index contributed by atoms with van der Waals surface area (Å²) in [6.07, 6.45) is 5.62. The zero-order valence-electron chi connectivity index (χ0n) is 13.0. The molecule has 0 spiro atoms. The molecule has 1 aliphatic heterocycles. The summed E-state index contributed by atoms with van der Waals surface area (Å²) in [6.45, 7) is 1.99. The Balaban J connectivity index is 2.02. The third-order valence-electron chi connectivity index (χ3n) is 4.86. The van der Waals surface area contributed by atoms with Crippen LogP contribution < -0.4 is 10.0 Å². The van der Waals surface area contributed by atoms with Crippen LogP contribution >= 0.6 is 11.6 Å². The zero-order chi connectivity index (χ0) is 15.8. The van der Waals surface area contributed by atoms with Crippen molar-refractivity contribution in [1.29, 1.82) is 0 Å². The predicted molar refractivity (Wildman–Crippen MR) is 90.8 cm³/mol. The van der Waals surface area contributed by atoms with Crippen LogP contribution in [0, 0.1) is 0 Å². The summed E-state index contributed by atoms with van der Waals surface area (Å²) < 4.78 is 1.30. The number of piperidine rings is 1. The van der Waals surface area contributed by atoms with Crippen LogP contribution in [0.4, 0.5) is 0 Å². The minimum atomic E-state index is 0.779. The van der Waals surface area contributed by atoms with Crippen molar-refractivity contribution >= 4 is 17.2 Å². The van der Waals surface area contributed by atoms with Crippen LogP contribution in [0.1, 0.15) is 35.2 Å². The molecule has 2 N–H and O–H groups in total. The zero-order valence-corrected chi connectivity index (χ0v) is 13.7. The summed E-state index contributed by atoms with van der Waals surface area (Å²) in [5.41, 5.74) is 7.26. The van der Waals surface area contributed by atoms with Gasteiger partial charge in [0.15, 0.2) is 0 Å². The van der Waals surface area contributed by atoms with Crippen molar-refractivity contribution in [3.63, 3.8) is 0 Å². The van der Waals surface area contributed by atoms with Gasteiger partial charge in [-0.25, -0.2) is 0 Å². The number of nitrogens with one attached hydrogen (secondary N) is 1. The van der Waals surface area contributed by atoms with Gasteiger partial charge in [-0.05, 0) is 68.1 Å². The summed E-state index contributed by atoms with van der Waals surface area (Å²) in [5.74, 6) is 0. The van der Waals surface area contributed by atoms with Crippen molar-refractivity contribution < 1.29 is 9.94 Å². The summed E-state index contributed by atoms with van der Waals surface area (Å²) in [4.78, 5) is 0. The molecule has 2 heterocycles. The molecule has 1 aromatic carbocycles. The number of fused-ring (bicyclic) bond motifs is 2. The third kappa shape index (κ3) is 2.64. The van der Waals surface area contributed by atoms with Gasteiger partial charge in [-0.2, -0.15) is 0 Å². The van der Waals surface area contributed by atoms with Crippen LogP contribution in [-0.2, 0) is 12.8 Å². The highest BCUT2D eigenvalue weighted by atomic mass is 35.5. The molecule has 1 fully saturated rings. The second kappa shape index (κ2) is 5.99. The smallest absolute Gasteiger partial charge is 0.268 e. The van der Waals surface area contributed by atoms with Crippen molar-refractivity contribution in [2.24, 2.45) is 0 Å². The summed E-state index contributed by atoms with van der Waals surface area (Å²) in [5, 5.41) is 14.7. The maximum atomic E-state index is 10.5. The molecule has 4 rings (SSSR count). The Labute approximate surface area is 141 Å². The number of rotatable bonds is 0. The van der Waals surface area contributed by atoms with Gasteiger partial charge in [-0.3, -0.25) is 5.21 Å². The number of hydrogen-bond donors (Lipinski definition) is 2. The topological polar surface area (TPSA) is 36.1 Å². The Kier molecular flexibility index (Phi) is 3.83. The van der Waals surface area contributed by atoms with Crippen molar-refractivity contribution in [1.82, 2.24) is 5.32 Å². The maximum absolute atomic E-state index is 10.5. The van der Waals surface area contributed by atoms with Crippen LogP contribution in [0.3, 0.4) is 0 Å². The first-order valence-corrected chi connectivity index (χ1v) is 8.56. The van der Waals surface area contributed by atoms with Crippen molar-refractivity contribution in [3.8, 4) is 0 Å². The minimum absolute atomic E-state index is 0.779. The molecule has 0 bridgehead atoms. The molecule has 3 nitrogen and oxygen atoms in total. The molecule has 1 aromatic heterocycles. The van der Waals surface area contributed by atoms with E-state index in [1.165, 1.54) is 32.6 Å². The molecular formula is C19H20ClN2O+. The number of halogens is 1. The first kappa shape index (κ1) is 14.7. The second-order valence-corrected chi connectivity index (χ2v) is 6.69. The van der Waals surface area contributed by atoms with Gasteiger partial charge < -0.3 is 5.32 Å². The quantitative estimate of drug-likeness (QED) is 0.576. The highest BCUT2D eigenvalue weighted by Gasteiger charge is 2.30. The van der Waals surface area contributed by atoms with E-state index in [9.17, 15) is 5.21 Å². The molecule has 2 aromatic rings. The van der Waals surface area contributed by atoms with Crippen LogP contribution in [-0.4, -0.2) is 18.3 Å². The molecule has 118 valence electrons. The summed E-state index contributed by atoms with van der Waals surface area (Å²) >= 11 is 6.23. The summed E-state index contributed by atoms with van der Waals surface area (Å²) in [7, 11) is 0. The van der Waals surface area contributed by atoms with Gasteiger partial charge in [0.25, 0.3) is 5.69 Å². The first-order chi connectivity index (χ1) is 11.2. The van der Waals surface area contributed by atoms with Crippen LogP contribution in [0.25, 0.3) is 5.57 Å². The molecule has 1 saturated heterocycles. The monoisotopic (exact) mass is 327 g/mol. The van der Waals surface area contributed by atoms with E-state index in [1.54, 1.807) is 6.20 Å². The average molecular weight is 328 g/mol. The fourth-order valence-electron chi connectivity index (χ4n) is 3.76. The van der Waals surface area contributed by atoms with E-state index in [2.05, 4.69) is 23.5 Å². The predicted octanol–water partition coefficient (Wildman–Crippen LogP) is 3.15. The number of benzene rings is 1. The lowest BCUT2D eigenvalue weighted by Crippen LogP contribution is -2.36. The number of nitrogens with zero attached hydrogens (tertiary/aromatic N) is 1. The van der Waals surface area contributed by atoms with Crippen LogP contribution in [0.5, 0.6) is 0 Å². The number of aromatic nitrogens is 1. The van der Waals surface area contributed by atoms with Gasteiger partial charge in [-0.1, -0.05) is 23.2 Å². The van der Waals surface area contributed by atoms with Crippen molar-refractivity contribution in [2.75, 3.05) is 13.1 Å². The lowest BCUT2D eigenvalue weighted by molar-refractivity contribution is -0.906. The number of hydrogen-bond acceptors (Lipinski definition) is 2. The van der Waals surface area contributed by atoms with Crippen LogP contribution in [0.2, 0.25) is 5.02 Å². The Morgan fingerprint density at radius 2 is 1.78 bits per heavy atom. The highest BCUT2D eigenvalue weighted by Crippen LogP contribution is 2.37. The Morgan fingerprint density at radius 1 is 1.00 bits per heavy atom. The van der Waals surface area contributed by atoms with Gasteiger partial charge in [-0.15, -0.1) is 0 Å². The molecule has 23 heavy (non-hydrogen) atoms. The Bertz CT molecular complexity index is 790. The molecule has 0 unspecified atom stereocenters. The molecule has 1 aliphatic carbocycles. The molecule has 0 amide bonds. The van der Waals surface area contributed by atoms with E-state index in [4.69, 9.17) is 11.6 Å². The molecular weight excluding hydrogens is 308 g/mol. The minimum Gasteiger partial charge on any atom is -0.316 e. The summed E-state index contributed by atoms with van der Waals surface area (Å²) in [6, 6.07) is 10.2. The van der Waals surface area contributed by atoms with Crippen molar-refractivity contribution in [3.05, 3.63) is 69.5 Å². The van der Waals surface area contributed by atoms with Gasteiger partial charge in [0, 0.05) is 21.4 Å². The number of pyridine rings is 1. The molecule has 0 atom stereocenters. The fourth-order valence-corrected chi connectivity index (χ4v) is 3.96. The van der Waals surface area contributed by atoms with Crippen molar-refractivity contribution in [2.45, 2.75) is 25.7 Å². The highest BCUT2D eigenvalue weighted by molar-refractivity contribution is 6.30. The van der Waals surface area contributed by atoms with Gasteiger partial charge >= 0.3 is 0 Å². The largest absolute Gasteiger partial charge is 0.316 e. The second-order valence-electron chi connectivity index (χ2n) is 6.26. The SMILES string of the molecule is O[n+]1cccc2c1C(=C1CCNCC1)c1ccc(Cl)cc1CC2. The van der Waals surface area contributed by atoms with Crippen LogP contribution in [0.15, 0.2) is 42.1 Å². The van der Waals surface area contributed by atoms with Gasteiger partial charge in [0.1, 0.15) is 0 Å². The lowest BCUT2D eigenvalue weighted by Gasteiger charge is -2.20. The Morgan fingerprint density at radius 3 is 2.61 bits per heavy atom. The fraction of sp³-hybridized carbons (Fsp3) is 0.316. The third-order valence-corrected chi connectivity index (χ3v) is 5.09. The standard InChI is InChI=1S/C19H20ClN2O/c20-16-5-6-17-15(12-16)4-3-14-2-1-11-22(23)19(14)18(17)13-7-9-21-10-8-13/h1-2,5-6,11-12,21,23H,3-4,7-10H2/q+1. The van der Waals surface area contributed by atoms with E-state index in [0.717, 1.165) is 49.5 Å². The van der Waals surface area contributed by atoms with E-state index in [0.29, 0.717) is 0 Å². The van der Waals surface area contributed by atoms with Gasteiger partial charge in [0.2, 0.25) is 6.20 Å². The molecule has 4 heteroatoms. The average Bonchev–Trinajstić information content (AvgIpc) is 2.73. The molecule has 2 aliphatic rings. The molecule has 0 radical (unpaired) electrons. The maximum Gasteiger partial charge on any atom is 0.268 e.